The van der Waals surface area contributed by atoms with Gasteiger partial charge in [0.2, 0.25) is 0 Å². The first-order chi connectivity index (χ1) is 18.6. The number of rotatable bonds is 7. The van der Waals surface area contributed by atoms with Crippen molar-refractivity contribution in [3.63, 3.8) is 0 Å². The second-order valence-corrected chi connectivity index (χ2v) is 10.9. The molecule has 3 heterocycles. The van der Waals surface area contributed by atoms with Gasteiger partial charge in [0.25, 0.3) is 11.2 Å². The maximum atomic E-state index is 13.6. The third-order valence-corrected chi connectivity index (χ3v) is 7.92. The van der Waals surface area contributed by atoms with Gasteiger partial charge in [-0.3, -0.25) is 19.8 Å². The fraction of sp³-hybridized carbons (Fsp3) is 0.429. The van der Waals surface area contributed by atoms with Crippen LogP contribution >= 0.6 is 0 Å². The summed E-state index contributed by atoms with van der Waals surface area (Å²) in [4.78, 5) is 31.9. The van der Waals surface area contributed by atoms with Crippen LogP contribution in [0.5, 0.6) is 0 Å². The van der Waals surface area contributed by atoms with E-state index in [0.717, 1.165) is 34.1 Å². The van der Waals surface area contributed by atoms with Gasteiger partial charge < -0.3 is 9.88 Å². The summed E-state index contributed by atoms with van der Waals surface area (Å²) in [6.07, 6.45) is 0.818. The molecule has 1 aliphatic heterocycles. The maximum absolute atomic E-state index is 13.6. The number of pyridine rings is 1. The lowest BCUT2D eigenvalue weighted by molar-refractivity contribution is -0.384. The van der Waals surface area contributed by atoms with E-state index in [-0.39, 0.29) is 16.8 Å². The third-order valence-electron chi connectivity index (χ3n) is 7.92. The van der Waals surface area contributed by atoms with E-state index in [0.29, 0.717) is 37.6 Å². The molecule has 5 rings (SSSR count). The normalized spacial score (nSPS) is 15.6. The molecule has 2 aromatic heterocycles. The lowest BCUT2D eigenvalue weighted by atomic mass is 9.97. The summed E-state index contributed by atoms with van der Waals surface area (Å²) in [5.41, 5.74) is 4.13. The summed E-state index contributed by atoms with van der Waals surface area (Å²) < 4.78 is 1.85. The monoisotopic (exact) mass is 530 g/mol. The van der Waals surface area contributed by atoms with Crippen molar-refractivity contribution in [1.82, 2.24) is 30.1 Å². The molecule has 1 fully saturated rings. The van der Waals surface area contributed by atoms with E-state index in [4.69, 9.17) is 0 Å². The topological polar surface area (TPSA) is 126 Å². The van der Waals surface area contributed by atoms with Gasteiger partial charge in [0, 0.05) is 60.5 Å². The molecule has 0 radical (unpaired) electrons. The van der Waals surface area contributed by atoms with E-state index in [2.05, 4.69) is 64.1 Å². The van der Waals surface area contributed by atoms with E-state index >= 15 is 0 Å². The van der Waals surface area contributed by atoms with Gasteiger partial charge in [-0.15, -0.1) is 5.10 Å². The molecule has 4 aromatic rings. The second kappa shape index (κ2) is 10.2. The zero-order chi connectivity index (χ0) is 27.9. The number of benzene rings is 2. The SMILES string of the molecule is CCC(C)(C)n1nnnc1C(c1cc2c(C)cc(C)cc2[nH]c1=O)N1CCN(c2ccc([N+](=O)[O-])cc2)CC1. The van der Waals surface area contributed by atoms with Crippen LogP contribution in [0.2, 0.25) is 0 Å². The Morgan fingerprint density at radius 1 is 1.08 bits per heavy atom. The number of non-ortho nitro benzene ring substituents is 1. The van der Waals surface area contributed by atoms with Crippen molar-refractivity contribution >= 4 is 22.3 Å². The highest BCUT2D eigenvalue weighted by molar-refractivity contribution is 5.83. The van der Waals surface area contributed by atoms with Gasteiger partial charge in [-0.25, -0.2) is 4.68 Å². The Balaban J connectivity index is 1.54. The predicted molar refractivity (Wildman–Crippen MR) is 150 cm³/mol. The molecule has 1 unspecified atom stereocenters. The molecule has 204 valence electrons. The quantitative estimate of drug-likeness (QED) is 0.280. The highest BCUT2D eigenvalue weighted by Crippen LogP contribution is 2.32. The van der Waals surface area contributed by atoms with Gasteiger partial charge in [0.1, 0.15) is 6.04 Å². The standard InChI is InChI=1S/C28H34N8O3/c1-6-28(4,5)35-26(30-31-32-35)25(23-17-22-19(3)15-18(2)16-24(22)29-27(23)37)34-13-11-33(12-14-34)20-7-9-21(10-8-20)36(38)39/h7-10,15-17,25H,6,11-14H2,1-5H3,(H,29,37). The van der Waals surface area contributed by atoms with E-state index in [1.165, 1.54) is 12.1 Å². The van der Waals surface area contributed by atoms with Crippen LogP contribution in [-0.2, 0) is 5.54 Å². The number of nitrogens with zero attached hydrogens (tertiary/aromatic N) is 7. The van der Waals surface area contributed by atoms with Crippen molar-refractivity contribution in [3.8, 4) is 0 Å². The minimum atomic E-state index is -0.446. The lowest BCUT2D eigenvalue weighted by Gasteiger charge is -2.40. The van der Waals surface area contributed by atoms with Crippen LogP contribution in [0.15, 0.2) is 47.3 Å². The number of aryl methyl sites for hydroxylation is 2. The molecular formula is C28H34N8O3. The van der Waals surface area contributed by atoms with Crippen LogP contribution in [0.1, 0.15) is 55.7 Å². The Morgan fingerprint density at radius 2 is 1.77 bits per heavy atom. The van der Waals surface area contributed by atoms with Crippen LogP contribution in [0.25, 0.3) is 10.9 Å². The number of aromatic nitrogens is 5. The number of H-pyrrole nitrogens is 1. The Kier molecular flexibility index (Phi) is 6.94. The van der Waals surface area contributed by atoms with Gasteiger partial charge in [-0.05, 0) is 79.9 Å². The Hall–Kier alpha value is -4.12. The molecule has 39 heavy (non-hydrogen) atoms. The highest BCUT2D eigenvalue weighted by atomic mass is 16.6. The van der Waals surface area contributed by atoms with E-state index in [1.807, 2.05) is 23.7 Å². The summed E-state index contributed by atoms with van der Waals surface area (Å²) in [6, 6.07) is 12.3. The number of hydrogen-bond acceptors (Lipinski definition) is 8. The van der Waals surface area contributed by atoms with Crippen molar-refractivity contribution in [1.29, 1.82) is 0 Å². The molecule has 11 nitrogen and oxygen atoms in total. The van der Waals surface area contributed by atoms with Crippen LogP contribution in [-0.4, -0.2) is 61.2 Å². The highest BCUT2D eigenvalue weighted by Gasteiger charge is 2.35. The first-order valence-corrected chi connectivity index (χ1v) is 13.3. The molecule has 0 saturated carbocycles. The molecule has 0 amide bonds. The number of fused-ring (bicyclic) bond motifs is 1. The molecule has 0 aliphatic carbocycles. The lowest BCUT2D eigenvalue weighted by Crippen LogP contribution is -2.49. The number of hydrogen-bond donors (Lipinski definition) is 1. The van der Waals surface area contributed by atoms with Gasteiger partial charge in [-0.2, -0.15) is 0 Å². The van der Waals surface area contributed by atoms with Gasteiger partial charge >= 0.3 is 0 Å². The molecule has 1 N–H and O–H groups in total. The minimum Gasteiger partial charge on any atom is -0.369 e. The van der Waals surface area contributed by atoms with E-state index in [1.54, 1.807) is 12.1 Å². The van der Waals surface area contributed by atoms with Crippen molar-refractivity contribution in [2.75, 3.05) is 31.1 Å². The van der Waals surface area contributed by atoms with Crippen molar-refractivity contribution in [2.24, 2.45) is 0 Å². The molecule has 1 aliphatic rings. The average molecular weight is 531 g/mol. The van der Waals surface area contributed by atoms with E-state index in [9.17, 15) is 14.9 Å². The van der Waals surface area contributed by atoms with Crippen molar-refractivity contribution in [3.05, 3.63) is 85.4 Å². The Bertz CT molecular complexity index is 1570. The number of nitrogens with one attached hydrogen (secondary N) is 1. The molecule has 0 spiro atoms. The van der Waals surface area contributed by atoms with Gasteiger partial charge in [0.15, 0.2) is 5.82 Å². The number of nitro benzene ring substituents is 1. The third kappa shape index (κ3) is 5.01. The summed E-state index contributed by atoms with van der Waals surface area (Å²) in [5, 5.41) is 24.9. The van der Waals surface area contributed by atoms with Gasteiger partial charge in [0.05, 0.1) is 10.5 Å². The number of piperazine rings is 1. The second-order valence-electron chi connectivity index (χ2n) is 10.9. The summed E-state index contributed by atoms with van der Waals surface area (Å²) in [7, 11) is 0. The summed E-state index contributed by atoms with van der Waals surface area (Å²) >= 11 is 0. The zero-order valence-corrected chi connectivity index (χ0v) is 23.0. The minimum absolute atomic E-state index is 0.0730. The molecule has 1 saturated heterocycles. The fourth-order valence-electron chi connectivity index (χ4n) is 5.36. The Morgan fingerprint density at radius 3 is 2.41 bits per heavy atom. The number of aromatic amines is 1. The first-order valence-electron chi connectivity index (χ1n) is 13.3. The molecule has 2 aromatic carbocycles. The zero-order valence-electron chi connectivity index (χ0n) is 23.0. The van der Waals surface area contributed by atoms with E-state index < -0.39 is 11.0 Å². The Labute approximate surface area is 226 Å². The first kappa shape index (κ1) is 26.5. The van der Waals surface area contributed by atoms with Crippen LogP contribution < -0.4 is 10.5 Å². The number of anilines is 1. The van der Waals surface area contributed by atoms with Crippen molar-refractivity contribution in [2.45, 2.75) is 52.6 Å². The van der Waals surface area contributed by atoms with Gasteiger partial charge in [-0.1, -0.05) is 13.0 Å². The maximum Gasteiger partial charge on any atom is 0.269 e. The predicted octanol–water partition coefficient (Wildman–Crippen LogP) is 4.10. The smallest absolute Gasteiger partial charge is 0.269 e. The molecule has 0 bridgehead atoms. The summed E-state index contributed by atoms with van der Waals surface area (Å²) in [5.74, 6) is 0.639. The molecule has 11 heteroatoms. The summed E-state index contributed by atoms with van der Waals surface area (Å²) in [6.45, 7) is 13.1. The number of tetrazole rings is 1. The molecule has 1 atom stereocenters. The average Bonchev–Trinajstić information content (AvgIpc) is 3.40. The van der Waals surface area contributed by atoms with Crippen molar-refractivity contribution < 1.29 is 4.92 Å². The van der Waals surface area contributed by atoms with Crippen LogP contribution in [0.3, 0.4) is 0 Å². The van der Waals surface area contributed by atoms with Crippen LogP contribution in [0.4, 0.5) is 11.4 Å². The van der Waals surface area contributed by atoms with Crippen LogP contribution in [0, 0.1) is 24.0 Å². The number of nitro groups is 1. The largest absolute Gasteiger partial charge is 0.369 e. The fourth-order valence-corrected chi connectivity index (χ4v) is 5.36. The molecular weight excluding hydrogens is 496 g/mol.